The molecule has 0 aliphatic carbocycles. The van der Waals surface area contributed by atoms with Gasteiger partial charge in [0.1, 0.15) is 6.04 Å². The summed E-state index contributed by atoms with van der Waals surface area (Å²) in [6.07, 6.45) is 3.14. The molecule has 29 heavy (non-hydrogen) atoms. The molecule has 2 amide bonds. The van der Waals surface area contributed by atoms with Gasteiger partial charge in [-0.2, -0.15) is 0 Å². The lowest BCUT2D eigenvalue weighted by Crippen LogP contribution is -2.41. The van der Waals surface area contributed by atoms with E-state index >= 15 is 0 Å². The van der Waals surface area contributed by atoms with Crippen molar-refractivity contribution in [2.24, 2.45) is 0 Å². The first kappa shape index (κ1) is 18.9. The lowest BCUT2D eigenvalue weighted by molar-refractivity contribution is -0.130. The van der Waals surface area contributed by atoms with Gasteiger partial charge < -0.3 is 24.7 Å². The van der Waals surface area contributed by atoms with Gasteiger partial charge >= 0.3 is 0 Å². The molecule has 7 nitrogen and oxygen atoms in total. The summed E-state index contributed by atoms with van der Waals surface area (Å²) in [5.41, 5.74) is 3.34. The zero-order chi connectivity index (χ0) is 20.4. The highest BCUT2D eigenvalue weighted by molar-refractivity contribution is 6.04. The van der Waals surface area contributed by atoms with Gasteiger partial charge in [0.15, 0.2) is 11.5 Å². The highest BCUT2D eigenvalue weighted by atomic mass is 16.5. The van der Waals surface area contributed by atoms with Gasteiger partial charge in [0.2, 0.25) is 6.41 Å². The zero-order valence-corrected chi connectivity index (χ0v) is 16.4. The van der Waals surface area contributed by atoms with Crippen LogP contribution in [0, 0.1) is 0 Å². The number of aromatic amines is 1. The van der Waals surface area contributed by atoms with Crippen molar-refractivity contribution < 1.29 is 19.1 Å². The molecular formula is C22H23N3O4. The number of ether oxygens (including phenoxy) is 2. The maximum Gasteiger partial charge on any atom is 0.251 e. The quantitative estimate of drug-likeness (QED) is 0.630. The molecule has 0 saturated carbocycles. The zero-order valence-electron chi connectivity index (χ0n) is 16.4. The number of rotatable bonds is 6. The molecule has 2 aromatic carbocycles. The van der Waals surface area contributed by atoms with Crippen molar-refractivity contribution in [3.63, 3.8) is 0 Å². The van der Waals surface area contributed by atoms with Gasteiger partial charge in [-0.15, -0.1) is 0 Å². The third-order valence-electron chi connectivity index (χ3n) is 5.22. The predicted molar refractivity (Wildman–Crippen MR) is 110 cm³/mol. The van der Waals surface area contributed by atoms with Crippen molar-refractivity contribution in [3.8, 4) is 11.5 Å². The molecule has 0 fully saturated rings. The van der Waals surface area contributed by atoms with Crippen LogP contribution < -0.4 is 14.8 Å². The summed E-state index contributed by atoms with van der Waals surface area (Å²) in [4.78, 5) is 29.7. The molecule has 0 saturated heterocycles. The fourth-order valence-electron chi connectivity index (χ4n) is 3.86. The van der Waals surface area contributed by atoms with Crippen LogP contribution in [0.1, 0.15) is 24.1 Å². The number of aromatic nitrogens is 1. The highest BCUT2D eigenvalue weighted by Crippen LogP contribution is 2.38. The number of nitrogens with zero attached hydrogens (tertiary/aromatic N) is 1. The van der Waals surface area contributed by atoms with Crippen LogP contribution in [0.2, 0.25) is 0 Å². The molecule has 4 rings (SSSR count). The monoisotopic (exact) mass is 393 g/mol. The van der Waals surface area contributed by atoms with Crippen molar-refractivity contribution in [1.82, 2.24) is 9.88 Å². The van der Waals surface area contributed by atoms with E-state index in [1.807, 2.05) is 43.3 Å². The molecular weight excluding hydrogens is 370 g/mol. The minimum absolute atomic E-state index is 0.268. The summed E-state index contributed by atoms with van der Waals surface area (Å²) < 4.78 is 11.1. The van der Waals surface area contributed by atoms with Gasteiger partial charge in [0.25, 0.3) is 5.91 Å². The summed E-state index contributed by atoms with van der Waals surface area (Å²) in [7, 11) is 1.59. The SMILES string of the molecule is CCOc1cc2c(cc1OC)CCN(C=O)C2C(=O)Nc1c[nH]c2ccccc12. The van der Waals surface area contributed by atoms with Gasteiger partial charge in [-0.25, -0.2) is 0 Å². The number of nitrogens with one attached hydrogen (secondary N) is 2. The van der Waals surface area contributed by atoms with E-state index in [2.05, 4.69) is 10.3 Å². The molecule has 0 spiro atoms. The number of methoxy groups -OCH3 is 1. The van der Waals surface area contributed by atoms with E-state index in [0.29, 0.717) is 36.8 Å². The average molecular weight is 393 g/mol. The van der Waals surface area contributed by atoms with E-state index < -0.39 is 6.04 Å². The van der Waals surface area contributed by atoms with Gasteiger partial charge in [-0.05, 0) is 42.7 Å². The molecule has 0 bridgehead atoms. The van der Waals surface area contributed by atoms with E-state index in [4.69, 9.17) is 9.47 Å². The number of para-hydroxylation sites is 1. The number of carbonyl (C=O) groups is 2. The Morgan fingerprint density at radius 3 is 2.90 bits per heavy atom. The Labute approximate surface area is 168 Å². The second-order valence-electron chi connectivity index (χ2n) is 6.87. The normalized spacial score (nSPS) is 15.7. The molecule has 3 aromatic rings. The van der Waals surface area contributed by atoms with Crippen molar-refractivity contribution in [1.29, 1.82) is 0 Å². The summed E-state index contributed by atoms with van der Waals surface area (Å²) >= 11 is 0. The summed E-state index contributed by atoms with van der Waals surface area (Å²) in [6.45, 7) is 2.82. The molecule has 2 heterocycles. The van der Waals surface area contributed by atoms with E-state index in [9.17, 15) is 9.59 Å². The number of H-pyrrole nitrogens is 1. The third kappa shape index (κ3) is 3.40. The minimum Gasteiger partial charge on any atom is -0.493 e. The Morgan fingerprint density at radius 2 is 2.14 bits per heavy atom. The van der Waals surface area contributed by atoms with E-state index in [-0.39, 0.29) is 5.91 Å². The average Bonchev–Trinajstić information content (AvgIpc) is 3.15. The number of amides is 2. The third-order valence-corrected chi connectivity index (χ3v) is 5.22. The largest absolute Gasteiger partial charge is 0.493 e. The Hall–Kier alpha value is -3.48. The Morgan fingerprint density at radius 1 is 1.31 bits per heavy atom. The van der Waals surface area contributed by atoms with Crippen LogP contribution in [-0.4, -0.2) is 42.5 Å². The first-order chi connectivity index (χ1) is 14.2. The van der Waals surface area contributed by atoms with Crippen LogP contribution >= 0.6 is 0 Å². The second kappa shape index (κ2) is 7.87. The van der Waals surface area contributed by atoms with Crippen molar-refractivity contribution >= 4 is 28.9 Å². The van der Waals surface area contributed by atoms with E-state index in [1.54, 1.807) is 13.3 Å². The molecule has 1 atom stereocenters. The molecule has 7 heteroatoms. The molecule has 150 valence electrons. The van der Waals surface area contributed by atoms with Crippen LogP contribution in [-0.2, 0) is 16.0 Å². The van der Waals surface area contributed by atoms with Gasteiger partial charge in [-0.3, -0.25) is 9.59 Å². The van der Waals surface area contributed by atoms with Gasteiger partial charge in [-0.1, -0.05) is 18.2 Å². The van der Waals surface area contributed by atoms with Crippen LogP contribution in [0.4, 0.5) is 5.69 Å². The van der Waals surface area contributed by atoms with Crippen LogP contribution in [0.25, 0.3) is 10.9 Å². The van der Waals surface area contributed by atoms with Crippen molar-refractivity contribution in [2.75, 3.05) is 25.6 Å². The summed E-state index contributed by atoms with van der Waals surface area (Å²) in [5, 5.41) is 3.89. The second-order valence-corrected chi connectivity index (χ2v) is 6.87. The Balaban J connectivity index is 1.72. The Bertz CT molecular complexity index is 1060. The smallest absolute Gasteiger partial charge is 0.251 e. The summed E-state index contributed by atoms with van der Waals surface area (Å²) in [6, 6.07) is 10.7. The number of hydrogen-bond acceptors (Lipinski definition) is 4. The van der Waals surface area contributed by atoms with E-state index in [0.717, 1.165) is 28.4 Å². The lowest BCUT2D eigenvalue weighted by Gasteiger charge is -2.34. The van der Waals surface area contributed by atoms with Crippen LogP contribution in [0.5, 0.6) is 11.5 Å². The molecule has 1 aromatic heterocycles. The Kier molecular flexibility index (Phi) is 5.12. The first-order valence-corrected chi connectivity index (χ1v) is 9.58. The maximum atomic E-state index is 13.3. The number of carbonyl (C=O) groups excluding carboxylic acids is 2. The summed E-state index contributed by atoms with van der Waals surface area (Å²) in [5.74, 6) is 0.919. The number of fused-ring (bicyclic) bond motifs is 2. The molecule has 1 aliphatic rings. The van der Waals surface area contributed by atoms with Crippen molar-refractivity contribution in [2.45, 2.75) is 19.4 Å². The van der Waals surface area contributed by atoms with Gasteiger partial charge in [0.05, 0.1) is 19.4 Å². The van der Waals surface area contributed by atoms with Gasteiger partial charge in [0, 0.05) is 23.6 Å². The molecule has 2 N–H and O–H groups in total. The lowest BCUT2D eigenvalue weighted by atomic mass is 9.91. The standard InChI is InChI=1S/C22H23N3O4/c1-3-29-20-11-16-14(10-19(20)28-2)8-9-25(13-26)21(16)22(27)24-18-12-23-17-7-5-4-6-15(17)18/h4-7,10-13,21,23H,3,8-9H2,1-2H3,(H,24,27). The fourth-order valence-corrected chi connectivity index (χ4v) is 3.86. The molecule has 1 unspecified atom stereocenters. The first-order valence-electron chi connectivity index (χ1n) is 9.58. The topological polar surface area (TPSA) is 83.7 Å². The molecule has 1 aliphatic heterocycles. The van der Waals surface area contributed by atoms with Crippen molar-refractivity contribution in [3.05, 3.63) is 53.7 Å². The highest BCUT2D eigenvalue weighted by Gasteiger charge is 2.34. The predicted octanol–water partition coefficient (Wildman–Crippen LogP) is 3.27. The minimum atomic E-state index is -0.741. The van der Waals surface area contributed by atoms with E-state index in [1.165, 1.54) is 4.90 Å². The molecule has 0 radical (unpaired) electrons. The maximum absolute atomic E-state index is 13.3. The number of benzene rings is 2. The number of hydrogen-bond donors (Lipinski definition) is 2. The van der Waals surface area contributed by atoms with Crippen LogP contribution in [0.15, 0.2) is 42.6 Å². The number of anilines is 1. The van der Waals surface area contributed by atoms with Crippen LogP contribution in [0.3, 0.4) is 0 Å². The fraction of sp³-hybridized carbons (Fsp3) is 0.273.